The lowest BCUT2D eigenvalue weighted by Crippen LogP contribution is -1.96. The number of ketones is 1. The fourth-order valence-electron chi connectivity index (χ4n) is 0.607. The van der Waals surface area contributed by atoms with Crippen molar-refractivity contribution in [3.8, 4) is 6.07 Å². The Morgan fingerprint density at radius 1 is 1.82 bits per heavy atom. The molecule has 0 spiro atoms. The highest BCUT2D eigenvalue weighted by atomic mass is 79.9. The Bertz CT molecular complexity index is 310. The van der Waals surface area contributed by atoms with Gasteiger partial charge in [-0.1, -0.05) is 15.9 Å². The summed E-state index contributed by atoms with van der Waals surface area (Å²) in [7, 11) is 0. The quantitative estimate of drug-likeness (QED) is 0.556. The Balaban J connectivity index is 2.91. The highest BCUT2D eigenvalue weighted by Gasteiger charge is 2.08. The van der Waals surface area contributed by atoms with Gasteiger partial charge in [-0.15, -0.1) is 0 Å². The van der Waals surface area contributed by atoms with Crippen LogP contribution in [-0.2, 0) is 0 Å². The number of carbonyl (C=O) groups excluding carboxylic acids is 1. The minimum absolute atomic E-state index is 0.161. The average Bonchev–Trinajstić information content (AvgIpc) is 2.50. The zero-order valence-corrected chi connectivity index (χ0v) is 7.09. The summed E-state index contributed by atoms with van der Waals surface area (Å²) in [6.45, 7) is 0. The zero-order chi connectivity index (χ0) is 8.27. The van der Waals surface area contributed by atoms with Gasteiger partial charge in [0, 0.05) is 6.07 Å². The van der Waals surface area contributed by atoms with Crippen LogP contribution in [0.15, 0.2) is 16.7 Å². The second kappa shape index (κ2) is 3.35. The van der Waals surface area contributed by atoms with Crippen molar-refractivity contribution < 1.29 is 9.21 Å². The molecule has 1 aromatic rings. The van der Waals surface area contributed by atoms with Gasteiger partial charge in [0.2, 0.25) is 5.78 Å². The largest absolute Gasteiger partial charge is 0.460 e. The van der Waals surface area contributed by atoms with Gasteiger partial charge in [-0.05, 0) is 0 Å². The van der Waals surface area contributed by atoms with Crippen LogP contribution >= 0.6 is 15.9 Å². The second-order valence-corrected chi connectivity index (χ2v) is 2.43. The van der Waals surface area contributed by atoms with E-state index in [0.29, 0.717) is 5.56 Å². The van der Waals surface area contributed by atoms with Crippen molar-refractivity contribution in [3.05, 3.63) is 23.7 Å². The SMILES string of the molecule is N#Cc1coc(C(=O)CBr)c1. The first-order chi connectivity index (χ1) is 5.27. The van der Waals surface area contributed by atoms with Crippen molar-refractivity contribution in [2.75, 3.05) is 5.33 Å². The van der Waals surface area contributed by atoms with Gasteiger partial charge < -0.3 is 4.42 Å². The molecule has 0 saturated heterocycles. The molecule has 0 aliphatic carbocycles. The van der Waals surface area contributed by atoms with Gasteiger partial charge >= 0.3 is 0 Å². The third-order valence-electron chi connectivity index (χ3n) is 1.12. The highest BCUT2D eigenvalue weighted by molar-refractivity contribution is 9.09. The van der Waals surface area contributed by atoms with Crippen molar-refractivity contribution >= 4 is 21.7 Å². The van der Waals surface area contributed by atoms with Gasteiger partial charge in [0.1, 0.15) is 12.3 Å². The summed E-state index contributed by atoms with van der Waals surface area (Å²) in [4.78, 5) is 10.9. The van der Waals surface area contributed by atoms with Crippen LogP contribution in [0.25, 0.3) is 0 Å². The molecule has 3 nitrogen and oxygen atoms in total. The van der Waals surface area contributed by atoms with Gasteiger partial charge in [0.15, 0.2) is 5.76 Å². The average molecular weight is 214 g/mol. The first kappa shape index (κ1) is 8.02. The van der Waals surface area contributed by atoms with Crippen LogP contribution in [0.4, 0.5) is 0 Å². The standard InChI is InChI=1S/C7H4BrNO2/c8-2-6(10)7-1-5(3-9)4-11-7/h1,4H,2H2. The number of Topliss-reactive ketones (excluding diaryl/α,β-unsaturated/α-hetero) is 1. The topological polar surface area (TPSA) is 54.0 Å². The van der Waals surface area contributed by atoms with E-state index in [4.69, 9.17) is 9.68 Å². The summed E-state index contributed by atoms with van der Waals surface area (Å²) in [5.41, 5.74) is 0.370. The molecule has 1 rings (SSSR count). The molecular formula is C7H4BrNO2. The van der Waals surface area contributed by atoms with E-state index < -0.39 is 0 Å². The molecular weight excluding hydrogens is 210 g/mol. The molecule has 0 atom stereocenters. The molecule has 56 valence electrons. The third kappa shape index (κ3) is 1.69. The Morgan fingerprint density at radius 3 is 3.00 bits per heavy atom. The zero-order valence-electron chi connectivity index (χ0n) is 5.50. The van der Waals surface area contributed by atoms with Crippen molar-refractivity contribution in [2.45, 2.75) is 0 Å². The van der Waals surface area contributed by atoms with Crippen LogP contribution in [0.2, 0.25) is 0 Å². The number of carbonyl (C=O) groups is 1. The van der Waals surface area contributed by atoms with E-state index in [9.17, 15) is 4.79 Å². The number of hydrogen-bond donors (Lipinski definition) is 0. The maximum atomic E-state index is 10.9. The predicted molar refractivity (Wildman–Crippen MR) is 41.5 cm³/mol. The number of alkyl halides is 1. The van der Waals surface area contributed by atoms with Gasteiger partial charge in [0.05, 0.1) is 10.9 Å². The number of rotatable bonds is 2. The summed E-state index contributed by atoms with van der Waals surface area (Å²) in [6.07, 6.45) is 1.26. The molecule has 0 N–H and O–H groups in total. The fourth-order valence-corrected chi connectivity index (χ4v) is 0.883. The molecule has 0 aliphatic rings. The van der Waals surface area contributed by atoms with Gasteiger partial charge in [-0.25, -0.2) is 0 Å². The van der Waals surface area contributed by atoms with Crippen LogP contribution in [0.3, 0.4) is 0 Å². The number of nitrogens with zero attached hydrogens (tertiary/aromatic N) is 1. The van der Waals surface area contributed by atoms with Crippen molar-refractivity contribution in [1.82, 2.24) is 0 Å². The molecule has 1 aromatic heterocycles. The van der Waals surface area contributed by atoms with Crippen LogP contribution in [-0.4, -0.2) is 11.1 Å². The first-order valence-electron chi connectivity index (χ1n) is 2.85. The van der Waals surface area contributed by atoms with Crippen molar-refractivity contribution in [3.63, 3.8) is 0 Å². The monoisotopic (exact) mass is 213 g/mol. The van der Waals surface area contributed by atoms with E-state index in [-0.39, 0.29) is 16.9 Å². The number of nitriles is 1. The maximum absolute atomic E-state index is 10.9. The molecule has 0 bridgehead atoms. The number of hydrogen-bond acceptors (Lipinski definition) is 3. The first-order valence-corrected chi connectivity index (χ1v) is 3.98. The highest BCUT2D eigenvalue weighted by Crippen LogP contribution is 2.07. The number of halogens is 1. The van der Waals surface area contributed by atoms with E-state index in [1.54, 1.807) is 0 Å². The van der Waals surface area contributed by atoms with E-state index >= 15 is 0 Å². The second-order valence-electron chi connectivity index (χ2n) is 1.87. The Morgan fingerprint density at radius 2 is 2.55 bits per heavy atom. The smallest absolute Gasteiger partial charge is 0.208 e. The molecule has 4 heteroatoms. The van der Waals surface area contributed by atoms with Crippen LogP contribution in [0.5, 0.6) is 0 Å². The van der Waals surface area contributed by atoms with E-state index in [1.165, 1.54) is 12.3 Å². The van der Waals surface area contributed by atoms with E-state index in [0.717, 1.165) is 0 Å². The van der Waals surface area contributed by atoms with E-state index in [2.05, 4.69) is 15.9 Å². The summed E-state index contributed by atoms with van der Waals surface area (Å²) in [6, 6.07) is 3.29. The maximum Gasteiger partial charge on any atom is 0.208 e. The third-order valence-corrected chi connectivity index (χ3v) is 1.63. The summed E-state index contributed by atoms with van der Waals surface area (Å²) in [5.74, 6) is 0.0601. The summed E-state index contributed by atoms with van der Waals surface area (Å²) < 4.78 is 4.81. The van der Waals surface area contributed by atoms with Gasteiger partial charge in [0.25, 0.3) is 0 Å². The lowest BCUT2D eigenvalue weighted by molar-refractivity contribution is 0.0993. The molecule has 0 aromatic carbocycles. The van der Waals surface area contributed by atoms with Crippen molar-refractivity contribution in [1.29, 1.82) is 5.26 Å². The van der Waals surface area contributed by atoms with Crippen LogP contribution in [0, 0.1) is 11.3 Å². The number of furan rings is 1. The fraction of sp³-hybridized carbons (Fsp3) is 0.143. The lowest BCUT2D eigenvalue weighted by Gasteiger charge is -1.85. The Labute approximate surface area is 71.7 Å². The van der Waals surface area contributed by atoms with Gasteiger partial charge in [-0.2, -0.15) is 5.26 Å². The van der Waals surface area contributed by atoms with Crippen molar-refractivity contribution in [2.24, 2.45) is 0 Å². The molecule has 0 unspecified atom stereocenters. The molecule has 11 heavy (non-hydrogen) atoms. The molecule has 0 amide bonds. The molecule has 0 saturated carbocycles. The minimum Gasteiger partial charge on any atom is -0.460 e. The molecule has 0 radical (unpaired) electrons. The molecule has 0 fully saturated rings. The van der Waals surface area contributed by atoms with Crippen LogP contribution < -0.4 is 0 Å². The summed E-state index contributed by atoms with van der Waals surface area (Å²) >= 11 is 2.99. The minimum atomic E-state index is -0.161. The Kier molecular flexibility index (Phi) is 2.44. The molecule has 1 heterocycles. The van der Waals surface area contributed by atoms with Gasteiger partial charge in [-0.3, -0.25) is 4.79 Å². The normalized spacial score (nSPS) is 9.09. The predicted octanol–water partition coefficient (Wildman–Crippen LogP) is 1.73. The molecule has 0 aliphatic heterocycles. The Hall–Kier alpha value is -1.08. The lowest BCUT2D eigenvalue weighted by atomic mass is 10.3. The van der Waals surface area contributed by atoms with E-state index in [1.807, 2.05) is 6.07 Å². The summed E-state index contributed by atoms with van der Waals surface area (Å²) in [5, 5.41) is 8.59. The van der Waals surface area contributed by atoms with Crippen LogP contribution in [0.1, 0.15) is 16.1 Å².